The van der Waals surface area contributed by atoms with Crippen molar-refractivity contribution in [2.75, 3.05) is 13.2 Å². The molecule has 0 unspecified atom stereocenters. The van der Waals surface area contributed by atoms with Crippen LogP contribution in [0.3, 0.4) is 0 Å². The minimum Gasteiger partial charge on any atom is -0.490 e. The van der Waals surface area contributed by atoms with E-state index in [0.717, 1.165) is 22.9 Å². The van der Waals surface area contributed by atoms with Gasteiger partial charge in [-0.2, -0.15) is 0 Å². The zero-order valence-corrected chi connectivity index (χ0v) is 19.9. The molecule has 0 aliphatic carbocycles. The number of carboxylic acid groups (broad SMARTS) is 1. The number of rotatable bonds is 8. The average molecular weight is 553 g/mol. The Hall–Kier alpha value is -2.53. The number of hydrogen-bond donors (Lipinski definition) is 1. The Balaban J connectivity index is 1.87. The highest BCUT2D eigenvalue weighted by molar-refractivity contribution is 14.1. The van der Waals surface area contributed by atoms with Crippen LogP contribution in [0.5, 0.6) is 11.5 Å². The van der Waals surface area contributed by atoms with Crippen LogP contribution in [0.2, 0.25) is 0 Å². The van der Waals surface area contributed by atoms with Gasteiger partial charge in [-0.1, -0.05) is 24.3 Å². The molecule has 0 saturated carbocycles. The number of thioether (sulfide) groups is 1. The van der Waals surface area contributed by atoms with E-state index < -0.39 is 12.6 Å². The van der Waals surface area contributed by atoms with Crippen molar-refractivity contribution in [3.05, 3.63) is 61.6 Å². The molecular weight excluding hydrogens is 533 g/mol. The molecule has 1 heterocycles. The van der Waals surface area contributed by atoms with Crippen LogP contribution in [0, 0.1) is 10.5 Å². The average Bonchev–Trinajstić information content (AvgIpc) is 2.96. The van der Waals surface area contributed by atoms with E-state index in [2.05, 4.69) is 0 Å². The number of aliphatic carboxylic acids is 1. The van der Waals surface area contributed by atoms with Crippen LogP contribution in [0.25, 0.3) is 6.08 Å². The van der Waals surface area contributed by atoms with Gasteiger partial charge >= 0.3 is 5.97 Å². The second-order valence-corrected chi connectivity index (χ2v) is 8.80. The Morgan fingerprint density at radius 3 is 2.65 bits per heavy atom. The normalized spacial score (nSPS) is 14.9. The molecule has 162 valence electrons. The fourth-order valence-corrected chi connectivity index (χ4v) is 4.57. The van der Waals surface area contributed by atoms with Gasteiger partial charge in [-0.25, -0.2) is 4.79 Å². The Kier molecular flexibility index (Phi) is 7.60. The van der Waals surface area contributed by atoms with Crippen molar-refractivity contribution in [3.63, 3.8) is 0 Å². The Morgan fingerprint density at radius 1 is 1.23 bits per heavy atom. The minimum atomic E-state index is -1.09. The molecule has 0 radical (unpaired) electrons. The van der Waals surface area contributed by atoms with E-state index in [4.69, 9.17) is 14.6 Å². The zero-order chi connectivity index (χ0) is 22.5. The van der Waals surface area contributed by atoms with Gasteiger partial charge in [0.15, 0.2) is 18.1 Å². The van der Waals surface area contributed by atoms with Gasteiger partial charge in [0.1, 0.15) is 0 Å². The van der Waals surface area contributed by atoms with E-state index >= 15 is 0 Å². The third kappa shape index (κ3) is 5.59. The molecule has 2 aromatic rings. The van der Waals surface area contributed by atoms with Crippen LogP contribution < -0.4 is 9.47 Å². The number of benzene rings is 2. The zero-order valence-electron chi connectivity index (χ0n) is 16.9. The third-order valence-corrected chi connectivity index (χ3v) is 6.14. The monoisotopic (exact) mass is 553 g/mol. The van der Waals surface area contributed by atoms with E-state index in [1.807, 2.05) is 53.8 Å². The Morgan fingerprint density at radius 2 is 1.97 bits per heavy atom. The second kappa shape index (κ2) is 10.2. The molecule has 31 heavy (non-hydrogen) atoms. The molecule has 3 rings (SSSR count). The van der Waals surface area contributed by atoms with Gasteiger partial charge < -0.3 is 14.6 Å². The molecule has 2 aromatic carbocycles. The number of carbonyl (C=O) groups excluding carboxylic acids is 2. The van der Waals surface area contributed by atoms with Gasteiger partial charge in [-0.3, -0.25) is 14.5 Å². The molecule has 0 aromatic heterocycles. The summed E-state index contributed by atoms with van der Waals surface area (Å²) in [4.78, 5) is 37.7. The van der Waals surface area contributed by atoms with Crippen molar-refractivity contribution in [2.24, 2.45) is 0 Å². The van der Waals surface area contributed by atoms with Gasteiger partial charge in [-0.05, 0) is 83.1 Å². The van der Waals surface area contributed by atoms with Crippen molar-refractivity contribution >= 4 is 57.5 Å². The van der Waals surface area contributed by atoms with Crippen molar-refractivity contribution in [3.8, 4) is 11.5 Å². The molecule has 0 spiro atoms. The van der Waals surface area contributed by atoms with E-state index in [1.165, 1.54) is 4.90 Å². The highest BCUT2D eigenvalue weighted by Crippen LogP contribution is 2.38. The van der Waals surface area contributed by atoms with Gasteiger partial charge in [-0.15, -0.1) is 0 Å². The summed E-state index contributed by atoms with van der Waals surface area (Å²) in [5.74, 6) is -0.738. The highest BCUT2D eigenvalue weighted by atomic mass is 127. The van der Waals surface area contributed by atoms with Gasteiger partial charge in [0.05, 0.1) is 21.6 Å². The Labute approximate surface area is 197 Å². The van der Waals surface area contributed by atoms with Crippen LogP contribution >= 0.6 is 34.4 Å². The fourth-order valence-electron chi connectivity index (χ4n) is 2.95. The number of ether oxygens (including phenoxy) is 2. The molecule has 7 nitrogen and oxygen atoms in total. The third-order valence-electron chi connectivity index (χ3n) is 4.43. The second-order valence-electron chi connectivity index (χ2n) is 6.64. The Bertz CT molecular complexity index is 1070. The molecule has 9 heteroatoms. The number of halogens is 1. The van der Waals surface area contributed by atoms with E-state index in [9.17, 15) is 14.4 Å². The number of carbonyl (C=O) groups is 3. The molecule has 1 aliphatic heterocycles. The molecule has 1 fully saturated rings. The van der Waals surface area contributed by atoms with E-state index in [0.29, 0.717) is 32.1 Å². The van der Waals surface area contributed by atoms with E-state index in [-0.39, 0.29) is 17.7 Å². The number of amides is 2. The summed E-state index contributed by atoms with van der Waals surface area (Å²) in [5, 5.41) is 8.56. The number of nitrogens with zero attached hydrogens (tertiary/aromatic N) is 1. The number of aryl methyl sites for hydroxylation is 1. The minimum absolute atomic E-state index is 0.221. The number of hydrogen-bond acceptors (Lipinski definition) is 6. The van der Waals surface area contributed by atoms with Crippen molar-refractivity contribution in [1.29, 1.82) is 0 Å². The SMILES string of the molecule is CCOc1cc(/C=C2\SC(=O)N(Cc3ccccc3C)C2=O)cc(I)c1OCC(=O)O. The number of carboxylic acids is 1. The predicted molar refractivity (Wildman–Crippen MR) is 126 cm³/mol. The van der Waals surface area contributed by atoms with Crippen LogP contribution in [-0.2, 0) is 16.1 Å². The summed E-state index contributed by atoms with van der Waals surface area (Å²) in [6.07, 6.45) is 1.63. The van der Waals surface area contributed by atoms with Crippen LogP contribution in [0.15, 0.2) is 41.3 Å². The van der Waals surface area contributed by atoms with Crippen molar-refractivity contribution in [1.82, 2.24) is 4.90 Å². The van der Waals surface area contributed by atoms with E-state index in [1.54, 1.807) is 25.1 Å². The van der Waals surface area contributed by atoms with Crippen molar-refractivity contribution in [2.45, 2.75) is 20.4 Å². The standard InChI is InChI=1S/C22H20INO6S/c1-3-29-17-9-14(8-16(23)20(17)30-12-19(25)26)10-18-21(27)24(22(28)31-18)11-15-7-5-4-6-13(15)2/h4-10H,3,11-12H2,1-2H3,(H,25,26)/b18-10-. The highest BCUT2D eigenvalue weighted by Gasteiger charge is 2.35. The maximum absolute atomic E-state index is 12.9. The summed E-state index contributed by atoms with van der Waals surface area (Å²) in [7, 11) is 0. The molecule has 0 bridgehead atoms. The van der Waals surface area contributed by atoms with Crippen molar-refractivity contribution < 1.29 is 29.0 Å². The summed E-state index contributed by atoms with van der Waals surface area (Å²) in [6.45, 7) is 3.83. The van der Waals surface area contributed by atoms with Gasteiger partial charge in [0.2, 0.25) is 0 Å². The lowest BCUT2D eigenvalue weighted by Crippen LogP contribution is -2.27. The molecule has 0 atom stereocenters. The first-order valence-corrected chi connectivity index (χ1v) is 11.3. The lowest BCUT2D eigenvalue weighted by molar-refractivity contribution is -0.139. The summed E-state index contributed by atoms with van der Waals surface area (Å²) < 4.78 is 11.6. The van der Waals surface area contributed by atoms with Crippen LogP contribution in [0.4, 0.5) is 4.79 Å². The number of imide groups is 1. The maximum atomic E-state index is 12.9. The summed E-state index contributed by atoms with van der Waals surface area (Å²) in [6, 6.07) is 11.0. The molecule has 1 saturated heterocycles. The molecule has 1 aliphatic rings. The lowest BCUT2D eigenvalue weighted by atomic mass is 10.1. The fraction of sp³-hybridized carbons (Fsp3) is 0.227. The largest absolute Gasteiger partial charge is 0.490 e. The molecule has 1 N–H and O–H groups in total. The summed E-state index contributed by atoms with van der Waals surface area (Å²) >= 11 is 2.91. The first-order chi connectivity index (χ1) is 14.8. The lowest BCUT2D eigenvalue weighted by Gasteiger charge is -2.14. The maximum Gasteiger partial charge on any atom is 0.341 e. The molecular formula is C22H20INO6S. The smallest absolute Gasteiger partial charge is 0.341 e. The first-order valence-electron chi connectivity index (χ1n) is 9.41. The summed E-state index contributed by atoms with van der Waals surface area (Å²) in [5.41, 5.74) is 2.58. The predicted octanol–water partition coefficient (Wildman–Crippen LogP) is 4.70. The first kappa shape index (κ1) is 23.1. The van der Waals surface area contributed by atoms with Crippen LogP contribution in [0.1, 0.15) is 23.6 Å². The quantitative estimate of drug-likeness (QED) is 0.374. The van der Waals surface area contributed by atoms with Gasteiger partial charge in [0, 0.05) is 0 Å². The topological polar surface area (TPSA) is 93.1 Å². The van der Waals surface area contributed by atoms with Crippen LogP contribution in [-0.4, -0.2) is 40.3 Å². The van der Waals surface area contributed by atoms with Gasteiger partial charge in [0.25, 0.3) is 11.1 Å². The molecule has 2 amide bonds.